The highest BCUT2D eigenvalue weighted by atomic mass is 16.5. The molecule has 1 saturated heterocycles. The Bertz CT molecular complexity index is 675. The number of carbonyl (C=O) groups is 1. The summed E-state index contributed by atoms with van der Waals surface area (Å²) in [7, 11) is 1.76. The molecule has 1 aromatic heterocycles. The Balaban J connectivity index is 1.61. The lowest BCUT2D eigenvalue weighted by Crippen LogP contribution is -2.37. The molecule has 1 N–H and O–H groups in total. The molecule has 2 heterocycles. The minimum Gasteiger partial charge on any atom is -0.381 e. The van der Waals surface area contributed by atoms with Crippen LogP contribution < -0.4 is 10.2 Å². The van der Waals surface area contributed by atoms with Gasteiger partial charge in [0, 0.05) is 32.1 Å². The standard InChI is InChI=1S/C19H23N3O2/c1-14-3-6-16(7-4-14)21-19(23)15-5-8-18(20-13-15)22-11-9-17(24-2)10-12-22/h3-8,13,17H,9-12H2,1-2H3,(H,21,23). The van der Waals surface area contributed by atoms with Crippen LogP contribution in [-0.2, 0) is 4.74 Å². The number of amides is 1. The number of hydrogen-bond acceptors (Lipinski definition) is 4. The highest BCUT2D eigenvalue weighted by Gasteiger charge is 2.19. The second kappa shape index (κ2) is 7.45. The first-order chi connectivity index (χ1) is 11.7. The predicted molar refractivity (Wildman–Crippen MR) is 95.6 cm³/mol. The Hall–Kier alpha value is -2.40. The van der Waals surface area contributed by atoms with Crippen LogP contribution in [0.4, 0.5) is 11.5 Å². The van der Waals surface area contributed by atoms with E-state index < -0.39 is 0 Å². The average molecular weight is 325 g/mol. The van der Waals surface area contributed by atoms with Crippen molar-refractivity contribution in [3.8, 4) is 0 Å². The zero-order valence-corrected chi connectivity index (χ0v) is 14.2. The fourth-order valence-corrected chi connectivity index (χ4v) is 2.87. The molecule has 1 aliphatic rings. The van der Waals surface area contributed by atoms with Crippen molar-refractivity contribution in [3.05, 3.63) is 53.7 Å². The number of carbonyl (C=O) groups excluding carboxylic acids is 1. The third-order valence-corrected chi connectivity index (χ3v) is 4.42. The van der Waals surface area contributed by atoms with E-state index in [4.69, 9.17) is 4.74 Å². The number of aryl methyl sites for hydroxylation is 1. The van der Waals surface area contributed by atoms with Crippen molar-refractivity contribution in [2.45, 2.75) is 25.9 Å². The number of rotatable bonds is 4. The van der Waals surface area contributed by atoms with Gasteiger partial charge in [0.2, 0.25) is 0 Å². The van der Waals surface area contributed by atoms with E-state index in [-0.39, 0.29) is 5.91 Å². The molecular weight excluding hydrogens is 302 g/mol. The molecule has 0 saturated carbocycles. The lowest BCUT2D eigenvalue weighted by molar-refractivity contribution is 0.0818. The summed E-state index contributed by atoms with van der Waals surface area (Å²) in [6, 6.07) is 11.5. The van der Waals surface area contributed by atoms with Crippen LogP contribution in [0.1, 0.15) is 28.8 Å². The highest BCUT2D eigenvalue weighted by Crippen LogP contribution is 2.19. The second-order valence-corrected chi connectivity index (χ2v) is 6.15. The first-order valence-corrected chi connectivity index (χ1v) is 8.27. The van der Waals surface area contributed by atoms with Crippen LogP contribution in [0.15, 0.2) is 42.6 Å². The number of piperidine rings is 1. The summed E-state index contributed by atoms with van der Waals surface area (Å²) in [6.45, 7) is 3.88. The normalized spacial score (nSPS) is 15.3. The number of nitrogens with zero attached hydrogens (tertiary/aromatic N) is 2. The minimum absolute atomic E-state index is 0.143. The van der Waals surface area contributed by atoms with Gasteiger partial charge in [0.25, 0.3) is 5.91 Å². The maximum Gasteiger partial charge on any atom is 0.257 e. The zero-order valence-electron chi connectivity index (χ0n) is 14.2. The lowest BCUT2D eigenvalue weighted by Gasteiger charge is -2.32. The molecule has 0 bridgehead atoms. The second-order valence-electron chi connectivity index (χ2n) is 6.15. The van der Waals surface area contributed by atoms with Crippen LogP contribution >= 0.6 is 0 Å². The fourth-order valence-electron chi connectivity index (χ4n) is 2.87. The molecule has 24 heavy (non-hydrogen) atoms. The van der Waals surface area contributed by atoms with Crippen molar-refractivity contribution < 1.29 is 9.53 Å². The molecule has 1 aliphatic heterocycles. The predicted octanol–water partition coefficient (Wildman–Crippen LogP) is 3.26. The summed E-state index contributed by atoms with van der Waals surface area (Å²) in [4.78, 5) is 19.0. The average Bonchev–Trinajstić information content (AvgIpc) is 2.64. The molecule has 0 spiro atoms. The van der Waals surface area contributed by atoms with Crippen LogP contribution in [0, 0.1) is 6.92 Å². The van der Waals surface area contributed by atoms with E-state index in [1.165, 1.54) is 0 Å². The number of nitrogens with one attached hydrogen (secondary N) is 1. The van der Waals surface area contributed by atoms with E-state index >= 15 is 0 Å². The van der Waals surface area contributed by atoms with E-state index in [0.29, 0.717) is 11.7 Å². The smallest absolute Gasteiger partial charge is 0.257 e. The highest BCUT2D eigenvalue weighted by molar-refractivity contribution is 6.04. The van der Waals surface area contributed by atoms with Crippen LogP contribution in [0.3, 0.4) is 0 Å². The minimum atomic E-state index is -0.143. The molecule has 1 fully saturated rings. The van der Waals surface area contributed by atoms with Crippen LogP contribution in [-0.4, -0.2) is 37.2 Å². The van der Waals surface area contributed by atoms with Gasteiger partial charge in [0.1, 0.15) is 5.82 Å². The van der Waals surface area contributed by atoms with Crippen molar-refractivity contribution in [2.24, 2.45) is 0 Å². The van der Waals surface area contributed by atoms with Crippen LogP contribution in [0.2, 0.25) is 0 Å². The van der Waals surface area contributed by atoms with Crippen molar-refractivity contribution in [1.29, 1.82) is 0 Å². The fraction of sp³-hybridized carbons (Fsp3) is 0.368. The summed E-state index contributed by atoms with van der Waals surface area (Å²) in [5.74, 6) is 0.771. The van der Waals surface area contributed by atoms with E-state index in [2.05, 4.69) is 15.2 Å². The number of hydrogen-bond donors (Lipinski definition) is 1. The van der Waals surface area contributed by atoms with Crippen molar-refractivity contribution in [2.75, 3.05) is 30.4 Å². The van der Waals surface area contributed by atoms with Gasteiger partial charge in [-0.3, -0.25) is 4.79 Å². The van der Waals surface area contributed by atoms with E-state index in [0.717, 1.165) is 43.0 Å². The van der Waals surface area contributed by atoms with Gasteiger partial charge in [0.05, 0.1) is 11.7 Å². The number of benzene rings is 1. The molecule has 0 radical (unpaired) electrons. The molecule has 126 valence electrons. The quantitative estimate of drug-likeness (QED) is 0.937. The molecule has 1 aromatic carbocycles. The van der Waals surface area contributed by atoms with E-state index in [1.807, 2.05) is 43.3 Å². The molecule has 0 unspecified atom stereocenters. The Morgan fingerprint density at radius 2 is 1.88 bits per heavy atom. The lowest BCUT2D eigenvalue weighted by atomic mass is 10.1. The Morgan fingerprint density at radius 3 is 2.46 bits per heavy atom. The monoisotopic (exact) mass is 325 g/mol. The van der Waals surface area contributed by atoms with Crippen LogP contribution in [0.5, 0.6) is 0 Å². The van der Waals surface area contributed by atoms with Gasteiger partial charge in [0.15, 0.2) is 0 Å². The molecule has 0 atom stereocenters. The topological polar surface area (TPSA) is 54.5 Å². The SMILES string of the molecule is COC1CCN(c2ccc(C(=O)Nc3ccc(C)cc3)cn2)CC1. The first kappa shape index (κ1) is 16.5. The molecule has 2 aromatic rings. The van der Waals surface area contributed by atoms with Gasteiger partial charge >= 0.3 is 0 Å². The van der Waals surface area contributed by atoms with Crippen LogP contribution in [0.25, 0.3) is 0 Å². The van der Waals surface area contributed by atoms with Crippen molar-refractivity contribution in [3.63, 3.8) is 0 Å². The molecule has 5 heteroatoms. The Morgan fingerprint density at radius 1 is 1.17 bits per heavy atom. The third-order valence-electron chi connectivity index (χ3n) is 4.42. The Labute approximate surface area is 142 Å². The van der Waals surface area contributed by atoms with Gasteiger partial charge < -0.3 is 15.0 Å². The summed E-state index contributed by atoms with van der Waals surface area (Å²) < 4.78 is 5.39. The van der Waals surface area contributed by atoms with E-state index in [9.17, 15) is 4.79 Å². The van der Waals surface area contributed by atoms with E-state index in [1.54, 1.807) is 13.3 Å². The van der Waals surface area contributed by atoms with Gasteiger partial charge in [-0.1, -0.05) is 17.7 Å². The van der Waals surface area contributed by atoms with Crippen molar-refractivity contribution >= 4 is 17.4 Å². The largest absolute Gasteiger partial charge is 0.381 e. The number of ether oxygens (including phenoxy) is 1. The first-order valence-electron chi connectivity index (χ1n) is 8.27. The molecule has 3 rings (SSSR count). The maximum atomic E-state index is 12.3. The van der Waals surface area contributed by atoms with Gasteiger partial charge in [-0.2, -0.15) is 0 Å². The van der Waals surface area contributed by atoms with Gasteiger partial charge in [-0.05, 0) is 44.0 Å². The van der Waals surface area contributed by atoms with Gasteiger partial charge in [-0.15, -0.1) is 0 Å². The number of pyridine rings is 1. The number of aromatic nitrogens is 1. The molecule has 5 nitrogen and oxygen atoms in total. The summed E-state index contributed by atoms with van der Waals surface area (Å²) in [5.41, 5.74) is 2.51. The third kappa shape index (κ3) is 3.92. The van der Waals surface area contributed by atoms with Gasteiger partial charge in [-0.25, -0.2) is 4.98 Å². The molecule has 0 aliphatic carbocycles. The summed E-state index contributed by atoms with van der Waals surface area (Å²) in [6.07, 6.45) is 4.00. The molecular formula is C19H23N3O2. The van der Waals surface area contributed by atoms with Crippen molar-refractivity contribution in [1.82, 2.24) is 4.98 Å². The maximum absolute atomic E-state index is 12.3. The Kier molecular flexibility index (Phi) is 5.11. The zero-order chi connectivity index (χ0) is 16.9. The number of methoxy groups -OCH3 is 1. The summed E-state index contributed by atoms with van der Waals surface area (Å²) >= 11 is 0. The molecule has 1 amide bonds. The summed E-state index contributed by atoms with van der Waals surface area (Å²) in [5, 5.41) is 2.89. The number of anilines is 2.